The topological polar surface area (TPSA) is 79.4 Å². The average Bonchev–Trinajstić information content (AvgIpc) is 2.97. The van der Waals surface area contributed by atoms with Crippen molar-refractivity contribution in [3.8, 4) is 0 Å². The van der Waals surface area contributed by atoms with E-state index in [0.29, 0.717) is 19.5 Å². The van der Waals surface area contributed by atoms with Gasteiger partial charge >= 0.3 is 0 Å². The van der Waals surface area contributed by atoms with E-state index in [1.807, 2.05) is 24.3 Å². The molecule has 6 nitrogen and oxygen atoms in total. The Balaban J connectivity index is 1.52. The van der Waals surface area contributed by atoms with Crippen LogP contribution in [0.1, 0.15) is 17.8 Å². The number of thiazole rings is 1. The number of nitrogens with zero attached hydrogens (tertiary/aromatic N) is 2. The molecule has 1 atom stereocenters. The summed E-state index contributed by atoms with van der Waals surface area (Å²) < 4.78 is 25.8. The molecule has 24 heavy (non-hydrogen) atoms. The third-order valence-corrected chi connectivity index (χ3v) is 6.57. The Kier molecular flexibility index (Phi) is 5.17. The maximum Gasteiger partial charge on any atom is 0.224 e. The molecular formula is C16H21N3O3S2. The van der Waals surface area contributed by atoms with Crippen LogP contribution < -0.4 is 5.32 Å². The van der Waals surface area contributed by atoms with Crippen molar-refractivity contribution in [3.63, 3.8) is 0 Å². The summed E-state index contributed by atoms with van der Waals surface area (Å²) in [7, 11) is -3.23. The van der Waals surface area contributed by atoms with Gasteiger partial charge in [-0.15, -0.1) is 11.3 Å². The smallest absolute Gasteiger partial charge is 0.224 e. The molecule has 3 rings (SSSR count). The van der Waals surface area contributed by atoms with Gasteiger partial charge in [0, 0.05) is 26.1 Å². The van der Waals surface area contributed by atoms with Gasteiger partial charge < -0.3 is 5.32 Å². The second-order valence-electron chi connectivity index (χ2n) is 6.08. The first-order valence-electron chi connectivity index (χ1n) is 8.01. The molecule has 0 radical (unpaired) electrons. The van der Waals surface area contributed by atoms with Crippen molar-refractivity contribution in [2.75, 3.05) is 25.9 Å². The summed E-state index contributed by atoms with van der Waals surface area (Å²) in [6.07, 6.45) is 3.34. The van der Waals surface area contributed by atoms with Gasteiger partial charge in [-0.05, 0) is 25.0 Å². The lowest BCUT2D eigenvalue weighted by molar-refractivity contribution is -0.126. The second kappa shape index (κ2) is 7.16. The SMILES string of the molecule is CS(=O)(=O)N1CCCC(C(=O)NCCc2nc3ccccc3s2)C1. The van der Waals surface area contributed by atoms with Gasteiger partial charge in [-0.3, -0.25) is 4.79 Å². The summed E-state index contributed by atoms with van der Waals surface area (Å²) in [5.74, 6) is -0.326. The van der Waals surface area contributed by atoms with Gasteiger partial charge in [0.15, 0.2) is 0 Å². The maximum absolute atomic E-state index is 12.3. The number of rotatable bonds is 5. The number of aromatic nitrogens is 1. The summed E-state index contributed by atoms with van der Waals surface area (Å²) in [6, 6.07) is 7.97. The van der Waals surface area contributed by atoms with E-state index in [9.17, 15) is 13.2 Å². The van der Waals surface area contributed by atoms with Crippen molar-refractivity contribution in [1.82, 2.24) is 14.6 Å². The normalized spacial score (nSPS) is 19.5. The number of sulfonamides is 1. The number of nitrogens with one attached hydrogen (secondary N) is 1. The highest BCUT2D eigenvalue weighted by Crippen LogP contribution is 2.22. The largest absolute Gasteiger partial charge is 0.355 e. The molecule has 0 saturated carbocycles. The molecule has 8 heteroatoms. The maximum atomic E-state index is 12.3. The average molecular weight is 367 g/mol. The summed E-state index contributed by atoms with van der Waals surface area (Å²) >= 11 is 1.64. The molecular weight excluding hydrogens is 346 g/mol. The van der Waals surface area contributed by atoms with E-state index in [1.54, 1.807) is 11.3 Å². The first-order chi connectivity index (χ1) is 11.4. The molecule has 1 N–H and O–H groups in total. The fraction of sp³-hybridized carbons (Fsp3) is 0.500. The van der Waals surface area contributed by atoms with Crippen molar-refractivity contribution in [2.45, 2.75) is 19.3 Å². The number of para-hydroxylation sites is 1. The van der Waals surface area contributed by atoms with Crippen molar-refractivity contribution in [1.29, 1.82) is 0 Å². The lowest BCUT2D eigenvalue weighted by atomic mass is 9.99. The summed E-state index contributed by atoms with van der Waals surface area (Å²) in [4.78, 5) is 16.8. The Labute approximate surface area is 145 Å². The molecule has 1 aliphatic heterocycles. The van der Waals surface area contributed by atoms with Crippen LogP contribution in [0.15, 0.2) is 24.3 Å². The monoisotopic (exact) mass is 367 g/mol. The van der Waals surface area contributed by atoms with Gasteiger partial charge in [0.05, 0.1) is 27.4 Å². The molecule has 0 bridgehead atoms. The lowest BCUT2D eigenvalue weighted by Crippen LogP contribution is -2.45. The second-order valence-corrected chi connectivity index (χ2v) is 9.17. The minimum absolute atomic E-state index is 0.0653. The van der Waals surface area contributed by atoms with Crippen LogP contribution in [0.4, 0.5) is 0 Å². The Bertz CT molecular complexity index is 799. The Morgan fingerprint density at radius 3 is 2.96 bits per heavy atom. The highest BCUT2D eigenvalue weighted by Gasteiger charge is 2.29. The highest BCUT2D eigenvalue weighted by molar-refractivity contribution is 7.88. The van der Waals surface area contributed by atoms with Crippen LogP contribution in [0.3, 0.4) is 0 Å². The van der Waals surface area contributed by atoms with Crippen molar-refractivity contribution in [3.05, 3.63) is 29.3 Å². The number of piperidine rings is 1. The van der Waals surface area contributed by atoms with E-state index in [4.69, 9.17) is 0 Å². The van der Waals surface area contributed by atoms with E-state index >= 15 is 0 Å². The van der Waals surface area contributed by atoms with Crippen LogP contribution in [-0.4, -0.2) is 49.5 Å². The first kappa shape index (κ1) is 17.3. The van der Waals surface area contributed by atoms with Crippen molar-refractivity contribution >= 4 is 37.5 Å². The van der Waals surface area contributed by atoms with E-state index in [-0.39, 0.29) is 18.4 Å². The number of hydrogen-bond acceptors (Lipinski definition) is 5. The fourth-order valence-electron chi connectivity index (χ4n) is 2.92. The number of hydrogen-bond donors (Lipinski definition) is 1. The molecule has 2 aromatic rings. The van der Waals surface area contributed by atoms with Gasteiger partial charge in [-0.2, -0.15) is 0 Å². The zero-order valence-corrected chi connectivity index (χ0v) is 15.2. The molecule has 1 saturated heterocycles. The Hall–Kier alpha value is -1.51. The lowest BCUT2D eigenvalue weighted by Gasteiger charge is -2.30. The predicted molar refractivity (Wildman–Crippen MR) is 95.5 cm³/mol. The number of carbonyl (C=O) groups is 1. The molecule has 1 fully saturated rings. The van der Waals surface area contributed by atoms with Crippen LogP contribution in [0.5, 0.6) is 0 Å². The van der Waals surface area contributed by atoms with E-state index < -0.39 is 10.0 Å². The standard InChI is InChI=1S/C16H21N3O3S2/c1-24(21,22)19-10-4-5-12(11-19)16(20)17-9-8-15-18-13-6-2-3-7-14(13)23-15/h2-3,6-7,12H,4-5,8-11H2,1H3,(H,17,20). The van der Waals surface area contributed by atoms with Crippen LogP contribution >= 0.6 is 11.3 Å². The molecule has 1 aliphatic rings. The number of fused-ring (bicyclic) bond motifs is 1. The van der Waals surface area contributed by atoms with E-state index in [1.165, 1.54) is 10.6 Å². The number of amides is 1. The van der Waals surface area contributed by atoms with Crippen LogP contribution in [0, 0.1) is 5.92 Å². The predicted octanol–water partition coefficient (Wildman–Crippen LogP) is 1.63. The van der Waals surface area contributed by atoms with Crippen LogP contribution in [0.25, 0.3) is 10.2 Å². The van der Waals surface area contributed by atoms with E-state index in [0.717, 1.165) is 28.1 Å². The van der Waals surface area contributed by atoms with Gasteiger partial charge in [0.2, 0.25) is 15.9 Å². The van der Waals surface area contributed by atoms with Gasteiger partial charge in [0.25, 0.3) is 0 Å². The first-order valence-corrected chi connectivity index (χ1v) is 10.7. The molecule has 0 spiro atoms. The summed E-state index contributed by atoms with van der Waals surface area (Å²) in [5.41, 5.74) is 0.986. The van der Waals surface area contributed by atoms with Gasteiger partial charge in [0.1, 0.15) is 0 Å². The zero-order chi connectivity index (χ0) is 17.2. The molecule has 1 aromatic heterocycles. The van der Waals surface area contributed by atoms with Crippen LogP contribution in [-0.2, 0) is 21.2 Å². The summed E-state index contributed by atoms with van der Waals surface area (Å²) in [6.45, 7) is 1.31. The highest BCUT2D eigenvalue weighted by atomic mass is 32.2. The zero-order valence-electron chi connectivity index (χ0n) is 13.6. The minimum Gasteiger partial charge on any atom is -0.355 e. The van der Waals surface area contributed by atoms with Crippen molar-refractivity contribution < 1.29 is 13.2 Å². The van der Waals surface area contributed by atoms with Crippen LogP contribution in [0.2, 0.25) is 0 Å². The van der Waals surface area contributed by atoms with Gasteiger partial charge in [-0.25, -0.2) is 17.7 Å². The molecule has 130 valence electrons. The molecule has 1 amide bonds. The Morgan fingerprint density at radius 1 is 1.42 bits per heavy atom. The molecule has 2 heterocycles. The molecule has 1 unspecified atom stereocenters. The van der Waals surface area contributed by atoms with E-state index in [2.05, 4.69) is 10.3 Å². The Morgan fingerprint density at radius 2 is 2.21 bits per heavy atom. The third kappa shape index (κ3) is 4.12. The van der Waals surface area contributed by atoms with Crippen molar-refractivity contribution in [2.24, 2.45) is 5.92 Å². The minimum atomic E-state index is -3.23. The fourth-order valence-corrected chi connectivity index (χ4v) is 4.80. The quantitative estimate of drug-likeness (QED) is 0.871. The third-order valence-electron chi connectivity index (χ3n) is 4.20. The van der Waals surface area contributed by atoms with Gasteiger partial charge in [-0.1, -0.05) is 12.1 Å². The number of carbonyl (C=O) groups excluding carboxylic acids is 1. The molecule has 0 aliphatic carbocycles. The number of benzene rings is 1. The molecule has 1 aromatic carbocycles. The summed E-state index contributed by atoms with van der Waals surface area (Å²) in [5, 5.41) is 3.92.